The largest absolute Gasteiger partial charge is 0.493 e. The van der Waals surface area contributed by atoms with Crippen molar-refractivity contribution in [1.29, 1.82) is 0 Å². The summed E-state index contributed by atoms with van der Waals surface area (Å²) in [6.45, 7) is 6.02. The van der Waals surface area contributed by atoms with Crippen LogP contribution in [-0.2, 0) is 9.59 Å². The van der Waals surface area contributed by atoms with Crippen LogP contribution < -0.4 is 20.7 Å². The first kappa shape index (κ1) is 31.4. The molecular formula is C34H32ClN3O4S. The van der Waals surface area contributed by atoms with Gasteiger partial charge >= 0.3 is 0 Å². The van der Waals surface area contributed by atoms with Gasteiger partial charge in [0.1, 0.15) is 11.4 Å². The van der Waals surface area contributed by atoms with E-state index < -0.39 is 17.1 Å². The van der Waals surface area contributed by atoms with Crippen LogP contribution in [0.3, 0.4) is 0 Å². The Kier molecular flexibility index (Phi) is 11.0. The maximum Gasteiger partial charge on any atom is 0.272 e. The van der Waals surface area contributed by atoms with Gasteiger partial charge in [0.05, 0.1) is 11.9 Å². The first-order valence-corrected chi connectivity index (χ1v) is 14.9. The lowest BCUT2D eigenvalue weighted by atomic mass is 10.1. The topological polar surface area (TPSA) is 96.5 Å². The standard InChI is InChI=1S/C34H32ClN3O4S/c1-4-42-31-16-9-8-13-25(31)19-30(38-33(40)24-11-6-5-7-12-24)34(41)37-26-14-10-15-28(20-26)43-23(3)32(39)36-27-18-17-22(2)29(35)21-27/h5-21,23H,4H2,1-3H3,(H,36,39)(H,37,41)(H,38,40)/b30-19+. The number of halogens is 1. The highest BCUT2D eigenvalue weighted by atomic mass is 35.5. The summed E-state index contributed by atoms with van der Waals surface area (Å²) in [5.41, 5.74) is 3.16. The highest BCUT2D eigenvalue weighted by Gasteiger charge is 2.18. The van der Waals surface area contributed by atoms with E-state index in [-0.39, 0.29) is 11.6 Å². The van der Waals surface area contributed by atoms with E-state index in [2.05, 4.69) is 16.0 Å². The molecule has 0 saturated heterocycles. The van der Waals surface area contributed by atoms with Crippen molar-refractivity contribution in [3.8, 4) is 5.75 Å². The molecule has 3 amide bonds. The van der Waals surface area contributed by atoms with Crippen molar-refractivity contribution >= 4 is 58.5 Å². The predicted octanol–water partition coefficient (Wildman–Crippen LogP) is 7.58. The molecule has 43 heavy (non-hydrogen) atoms. The number of rotatable bonds is 11. The first-order chi connectivity index (χ1) is 20.7. The van der Waals surface area contributed by atoms with Crippen LogP contribution in [0.15, 0.2) is 108 Å². The normalized spacial score (nSPS) is 11.8. The van der Waals surface area contributed by atoms with Crippen LogP contribution in [-0.4, -0.2) is 29.6 Å². The Morgan fingerprint density at radius 3 is 2.35 bits per heavy atom. The van der Waals surface area contributed by atoms with E-state index in [4.69, 9.17) is 16.3 Å². The predicted molar refractivity (Wildman–Crippen MR) is 175 cm³/mol. The van der Waals surface area contributed by atoms with Gasteiger partial charge in [-0.05, 0) is 80.9 Å². The first-order valence-electron chi connectivity index (χ1n) is 13.7. The number of benzene rings is 4. The molecule has 0 bridgehead atoms. The van der Waals surface area contributed by atoms with E-state index in [9.17, 15) is 14.4 Å². The Morgan fingerprint density at radius 2 is 1.60 bits per heavy atom. The molecule has 1 unspecified atom stereocenters. The van der Waals surface area contributed by atoms with Crippen LogP contribution >= 0.6 is 23.4 Å². The maximum atomic E-state index is 13.5. The van der Waals surface area contributed by atoms with Crippen molar-refractivity contribution in [3.63, 3.8) is 0 Å². The number of carbonyl (C=O) groups is 3. The second-order valence-corrected chi connectivity index (χ2v) is 11.4. The zero-order valence-electron chi connectivity index (χ0n) is 24.0. The smallest absolute Gasteiger partial charge is 0.272 e. The molecule has 4 rings (SSSR count). The van der Waals surface area contributed by atoms with Gasteiger partial charge in [0.25, 0.3) is 11.8 Å². The molecule has 9 heteroatoms. The van der Waals surface area contributed by atoms with Crippen LogP contribution in [0.25, 0.3) is 6.08 Å². The van der Waals surface area contributed by atoms with Gasteiger partial charge in [-0.25, -0.2) is 0 Å². The lowest BCUT2D eigenvalue weighted by Gasteiger charge is -2.15. The zero-order chi connectivity index (χ0) is 30.8. The van der Waals surface area contributed by atoms with Crippen LogP contribution in [0.5, 0.6) is 5.75 Å². The Bertz CT molecular complexity index is 1640. The quantitative estimate of drug-likeness (QED) is 0.120. The molecule has 220 valence electrons. The molecule has 0 saturated carbocycles. The monoisotopic (exact) mass is 613 g/mol. The molecule has 7 nitrogen and oxygen atoms in total. The van der Waals surface area contributed by atoms with Crippen LogP contribution in [0.1, 0.15) is 35.3 Å². The van der Waals surface area contributed by atoms with E-state index in [1.165, 1.54) is 11.8 Å². The number of ether oxygens (including phenoxy) is 1. The average molecular weight is 614 g/mol. The van der Waals surface area contributed by atoms with E-state index >= 15 is 0 Å². The highest BCUT2D eigenvalue weighted by Crippen LogP contribution is 2.28. The second-order valence-electron chi connectivity index (χ2n) is 9.54. The minimum atomic E-state index is -0.514. The van der Waals surface area contributed by atoms with Gasteiger partial charge in [0, 0.05) is 32.4 Å². The molecule has 4 aromatic carbocycles. The lowest BCUT2D eigenvalue weighted by molar-refractivity contribution is -0.115. The highest BCUT2D eigenvalue weighted by molar-refractivity contribution is 8.00. The fourth-order valence-electron chi connectivity index (χ4n) is 4.00. The minimum Gasteiger partial charge on any atom is -0.493 e. The van der Waals surface area contributed by atoms with Crippen LogP contribution in [0, 0.1) is 6.92 Å². The van der Waals surface area contributed by atoms with Crippen molar-refractivity contribution in [1.82, 2.24) is 5.32 Å². The fraction of sp³-hybridized carbons (Fsp3) is 0.147. The van der Waals surface area contributed by atoms with Crippen LogP contribution in [0.4, 0.5) is 11.4 Å². The van der Waals surface area contributed by atoms with Gasteiger partial charge in [-0.15, -0.1) is 11.8 Å². The van der Waals surface area contributed by atoms with Gasteiger partial charge < -0.3 is 20.7 Å². The molecule has 4 aromatic rings. The van der Waals surface area contributed by atoms with Gasteiger partial charge in [0.15, 0.2) is 0 Å². The Balaban J connectivity index is 1.51. The van der Waals surface area contributed by atoms with Crippen molar-refractivity contribution < 1.29 is 19.1 Å². The molecule has 0 heterocycles. The summed E-state index contributed by atoms with van der Waals surface area (Å²) in [6, 6.07) is 28.5. The average Bonchev–Trinajstić information content (AvgIpc) is 3.00. The number of nitrogens with one attached hydrogen (secondary N) is 3. The number of thioether (sulfide) groups is 1. The van der Waals surface area contributed by atoms with E-state index in [0.29, 0.717) is 39.9 Å². The summed E-state index contributed by atoms with van der Waals surface area (Å²) in [5, 5.41) is 8.66. The van der Waals surface area contributed by atoms with E-state index in [1.807, 2.05) is 44.2 Å². The molecule has 0 aromatic heterocycles. The SMILES string of the molecule is CCOc1ccccc1/C=C(/NC(=O)c1ccccc1)C(=O)Nc1cccc(SC(C)C(=O)Nc2ccc(C)c(Cl)c2)c1. The minimum absolute atomic E-state index is 0.0450. The summed E-state index contributed by atoms with van der Waals surface area (Å²) < 4.78 is 5.71. The fourth-order valence-corrected chi connectivity index (χ4v) is 5.11. The molecule has 0 fully saturated rings. The summed E-state index contributed by atoms with van der Waals surface area (Å²) in [5.74, 6) is -0.529. The second kappa shape index (κ2) is 15.1. The molecule has 0 aliphatic carbocycles. The molecule has 0 aliphatic rings. The molecular weight excluding hydrogens is 582 g/mol. The van der Waals surface area contributed by atoms with Crippen molar-refractivity contribution in [2.75, 3.05) is 17.2 Å². The van der Waals surface area contributed by atoms with Crippen molar-refractivity contribution in [2.45, 2.75) is 30.9 Å². The van der Waals surface area contributed by atoms with E-state index in [0.717, 1.165) is 10.5 Å². The third-order valence-electron chi connectivity index (χ3n) is 6.26. The Hall–Kier alpha value is -4.53. The van der Waals surface area contributed by atoms with Crippen LogP contribution in [0.2, 0.25) is 5.02 Å². The number of para-hydroxylation sites is 1. The number of anilines is 2. The van der Waals surface area contributed by atoms with Gasteiger partial charge in [-0.3, -0.25) is 14.4 Å². The summed E-state index contributed by atoms with van der Waals surface area (Å²) >= 11 is 7.54. The summed E-state index contributed by atoms with van der Waals surface area (Å²) in [6.07, 6.45) is 1.59. The lowest BCUT2D eigenvalue weighted by Crippen LogP contribution is -2.30. The molecule has 0 aliphatic heterocycles. The summed E-state index contributed by atoms with van der Waals surface area (Å²) in [7, 11) is 0. The van der Waals surface area contributed by atoms with Gasteiger partial charge in [0.2, 0.25) is 5.91 Å². The van der Waals surface area contributed by atoms with Gasteiger partial charge in [-0.1, -0.05) is 60.1 Å². The number of hydrogen-bond acceptors (Lipinski definition) is 5. The molecule has 1 atom stereocenters. The maximum absolute atomic E-state index is 13.5. The number of hydrogen-bond donors (Lipinski definition) is 3. The van der Waals surface area contributed by atoms with Crippen molar-refractivity contribution in [2.24, 2.45) is 0 Å². The van der Waals surface area contributed by atoms with Crippen molar-refractivity contribution in [3.05, 3.63) is 124 Å². The molecule has 3 N–H and O–H groups in total. The van der Waals surface area contributed by atoms with E-state index in [1.54, 1.807) is 79.7 Å². The Labute approximate surface area is 260 Å². The molecule has 0 spiro atoms. The number of aryl methyl sites for hydroxylation is 1. The van der Waals surface area contributed by atoms with Gasteiger partial charge in [-0.2, -0.15) is 0 Å². The third kappa shape index (κ3) is 8.98. The molecule has 0 radical (unpaired) electrons. The third-order valence-corrected chi connectivity index (χ3v) is 7.76. The Morgan fingerprint density at radius 1 is 0.884 bits per heavy atom. The number of carbonyl (C=O) groups excluding carboxylic acids is 3. The number of amides is 3. The zero-order valence-corrected chi connectivity index (χ0v) is 25.6. The summed E-state index contributed by atoms with van der Waals surface area (Å²) in [4.78, 5) is 40.1.